The van der Waals surface area contributed by atoms with Gasteiger partial charge in [-0.3, -0.25) is 0 Å². The van der Waals surface area contributed by atoms with E-state index in [4.69, 9.17) is 0 Å². The quantitative estimate of drug-likeness (QED) is 0.908. The highest BCUT2D eigenvalue weighted by molar-refractivity contribution is 5.85. The standard InChI is InChI=1S/C15H22N6.2ClH/c1-2-6-13-12(5-1)14(19-21-11-17-18-15(13)21)16-7-10-20-8-3-4-9-20;;/h11H,1-10H2,(H,16,19);2*1H. The van der Waals surface area contributed by atoms with Gasteiger partial charge in [-0.1, -0.05) is 0 Å². The molecule has 8 heteroatoms. The molecular formula is C15H24Cl2N6. The van der Waals surface area contributed by atoms with Crippen molar-refractivity contribution in [2.75, 3.05) is 31.5 Å². The second-order valence-corrected chi connectivity index (χ2v) is 6.09. The fourth-order valence-electron chi connectivity index (χ4n) is 3.56. The summed E-state index contributed by atoms with van der Waals surface area (Å²) in [5.74, 6) is 1.04. The van der Waals surface area contributed by atoms with Gasteiger partial charge in [0.25, 0.3) is 0 Å². The molecule has 1 N–H and O–H groups in total. The minimum absolute atomic E-state index is 0. The number of rotatable bonds is 4. The van der Waals surface area contributed by atoms with E-state index in [9.17, 15) is 0 Å². The van der Waals surface area contributed by atoms with Crippen molar-refractivity contribution >= 4 is 36.3 Å². The lowest BCUT2D eigenvalue weighted by atomic mass is 9.93. The second-order valence-electron chi connectivity index (χ2n) is 6.09. The van der Waals surface area contributed by atoms with E-state index in [1.165, 1.54) is 49.9 Å². The summed E-state index contributed by atoms with van der Waals surface area (Å²) in [5.41, 5.74) is 3.65. The van der Waals surface area contributed by atoms with Crippen molar-refractivity contribution in [2.24, 2.45) is 0 Å². The van der Waals surface area contributed by atoms with Gasteiger partial charge in [-0.05, 0) is 51.6 Å². The predicted molar refractivity (Wildman–Crippen MR) is 96.1 cm³/mol. The normalized spacial score (nSPS) is 17.4. The summed E-state index contributed by atoms with van der Waals surface area (Å²) in [6, 6.07) is 0. The lowest BCUT2D eigenvalue weighted by Gasteiger charge is -2.21. The van der Waals surface area contributed by atoms with E-state index in [1.54, 1.807) is 6.33 Å². The minimum atomic E-state index is 0. The molecule has 1 aliphatic carbocycles. The van der Waals surface area contributed by atoms with Gasteiger partial charge in [-0.15, -0.1) is 40.1 Å². The summed E-state index contributed by atoms with van der Waals surface area (Å²) in [5, 5.41) is 16.5. The Morgan fingerprint density at radius 2 is 1.74 bits per heavy atom. The Morgan fingerprint density at radius 1 is 1.00 bits per heavy atom. The SMILES string of the molecule is Cl.Cl.c1nnc2c3c(c(NCCN4CCCC4)nn12)CCCC3. The van der Waals surface area contributed by atoms with Crippen molar-refractivity contribution in [2.45, 2.75) is 38.5 Å². The van der Waals surface area contributed by atoms with Crippen LogP contribution in [0.15, 0.2) is 6.33 Å². The van der Waals surface area contributed by atoms with Crippen LogP contribution in [0.25, 0.3) is 5.65 Å². The van der Waals surface area contributed by atoms with E-state index >= 15 is 0 Å². The molecule has 3 heterocycles. The van der Waals surface area contributed by atoms with E-state index in [-0.39, 0.29) is 24.8 Å². The van der Waals surface area contributed by atoms with Crippen LogP contribution in [0.1, 0.15) is 36.8 Å². The zero-order chi connectivity index (χ0) is 14.1. The highest BCUT2D eigenvalue weighted by Gasteiger charge is 2.20. The number of aryl methyl sites for hydroxylation is 1. The third-order valence-corrected chi connectivity index (χ3v) is 4.68. The van der Waals surface area contributed by atoms with Crippen LogP contribution in [0.4, 0.5) is 5.82 Å². The molecule has 1 aliphatic heterocycles. The molecule has 0 radical (unpaired) electrons. The van der Waals surface area contributed by atoms with Gasteiger partial charge in [-0.25, -0.2) is 0 Å². The van der Waals surface area contributed by atoms with Crippen LogP contribution in [-0.4, -0.2) is 50.9 Å². The van der Waals surface area contributed by atoms with Crippen molar-refractivity contribution < 1.29 is 0 Å². The van der Waals surface area contributed by atoms with Crippen molar-refractivity contribution in [3.8, 4) is 0 Å². The third kappa shape index (κ3) is 3.70. The highest BCUT2D eigenvalue weighted by Crippen LogP contribution is 2.28. The lowest BCUT2D eigenvalue weighted by Crippen LogP contribution is -2.27. The Hall–Kier alpha value is -1.11. The van der Waals surface area contributed by atoms with Gasteiger partial charge in [0.15, 0.2) is 11.5 Å². The maximum atomic E-state index is 4.67. The Kier molecular flexibility index (Phi) is 6.44. The number of hydrogen-bond donors (Lipinski definition) is 1. The van der Waals surface area contributed by atoms with Gasteiger partial charge in [0.1, 0.15) is 6.33 Å². The average Bonchev–Trinajstić information content (AvgIpc) is 3.18. The molecule has 2 aromatic rings. The molecule has 0 spiro atoms. The number of halogens is 2. The van der Waals surface area contributed by atoms with Crippen LogP contribution in [0.5, 0.6) is 0 Å². The van der Waals surface area contributed by atoms with Crippen LogP contribution >= 0.6 is 24.8 Å². The molecule has 1 saturated heterocycles. The van der Waals surface area contributed by atoms with Gasteiger partial charge in [0, 0.05) is 24.2 Å². The number of fused-ring (bicyclic) bond motifs is 3. The van der Waals surface area contributed by atoms with Gasteiger partial charge in [0.2, 0.25) is 0 Å². The first kappa shape index (κ1) is 18.2. The van der Waals surface area contributed by atoms with E-state index in [0.29, 0.717) is 0 Å². The van der Waals surface area contributed by atoms with Gasteiger partial charge in [0.05, 0.1) is 0 Å². The van der Waals surface area contributed by atoms with E-state index in [2.05, 4.69) is 25.5 Å². The molecule has 0 unspecified atom stereocenters. The lowest BCUT2D eigenvalue weighted by molar-refractivity contribution is 0.352. The summed E-state index contributed by atoms with van der Waals surface area (Å²) < 4.78 is 1.82. The Morgan fingerprint density at radius 3 is 2.52 bits per heavy atom. The molecule has 2 aliphatic rings. The van der Waals surface area contributed by atoms with E-state index in [0.717, 1.165) is 37.4 Å². The Balaban J connectivity index is 0.000000960. The van der Waals surface area contributed by atoms with Crippen molar-refractivity contribution in [3.05, 3.63) is 17.5 Å². The average molecular weight is 359 g/mol. The monoisotopic (exact) mass is 358 g/mol. The minimum Gasteiger partial charge on any atom is -0.367 e. The number of anilines is 1. The zero-order valence-corrected chi connectivity index (χ0v) is 14.8. The highest BCUT2D eigenvalue weighted by atomic mass is 35.5. The number of nitrogens with one attached hydrogen (secondary N) is 1. The molecule has 1 fully saturated rings. The molecule has 4 rings (SSSR count). The summed E-state index contributed by atoms with van der Waals surface area (Å²) in [6.45, 7) is 4.57. The Bertz CT molecular complexity index is 638. The molecule has 6 nitrogen and oxygen atoms in total. The van der Waals surface area contributed by atoms with Gasteiger partial charge in [-0.2, -0.15) is 4.52 Å². The van der Waals surface area contributed by atoms with Crippen LogP contribution in [0.3, 0.4) is 0 Å². The number of nitrogens with zero attached hydrogens (tertiary/aromatic N) is 5. The van der Waals surface area contributed by atoms with Gasteiger partial charge < -0.3 is 10.2 Å². The van der Waals surface area contributed by atoms with Crippen LogP contribution in [0, 0.1) is 0 Å². The van der Waals surface area contributed by atoms with Crippen LogP contribution in [0.2, 0.25) is 0 Å². The van der Waals surface area contributed by atoms with E-state index < -0.39 is 0 Å². The van der Waals surface area contributed by atoms with E-state index in [1.807, 2.05) is 4.52 Å². The first-order valence-electron chi connectivity index (χ1n) is 8.10. The maximum absolute atomic E-state index is 4.67. The smallest absolute Gasteiger partial charge is 0.181 e. The van der Waals surface area contributed by atoms with Crippen molar-refractivity contribution in [3.63, 3.8) is 0 Å². The number of aromatic nitrogens is 4. The molecule has 0 atom stereocenters. The molecule has 0 amide bonds. The predicted octanol–water partition coefficient (Wildman–Crippen LogP) is 2.35. The number of hydrogen-bond acceptors (Lipinski definition) is 5. The molecule has 0 aromatic carbocycles. The largest absolute Gasteiger partial charge is 0.367 e. The first-order valence-corrected chi connectivity index (χ1v) is 8.10. The summed E-state index contributed by atoms with van der Waals surface area (Å²) in [4.78, 5) is 2.52. The van der Waals surface area contributed by atoms with Crippen LogP contribution < -0.4 is 5.32 Å². The second kappa shape index (κ2) is 8.13. The molecule has 0 saturated carbocycles. The summed E-state index contributed by atoms with van der Waals surface area (Å²) >= 11 is 0. The topological polar surface area (TPSA) is 58.4 Å². The number of likely N-dealkylation sites (tertiary alicyclic amines) is 1. The summed E-state index contributed by atoms with van der Waals surface area (Å²) in [6.07, 6.45) is 9.10. The molecule has 0 bridgehead atoms. The fourth-order valence-corrected chi connectivity index (χ4v) is 3.56. The third-order valence-electron chi connectivity index (χ3n) is 4.68. The fraction of sp³-hybridized carbons (Fsp3) is 0.667. The van der Waals surface area contributed by atoms with Crippen LogP contribution in [-0.2, 0) is 12.8 Å². The molecule has 23 heavy (non-hydrogen) atoms. The molecular weight excluding hydrogens is 335 g/mol. The Labute approximate surface area is 148 Å². The van der Waals surface area contributed by atoms with Crippen molar-refractivity contribution in [1.82, 2.24) is 24.7 Å². The van der Waals surface area contributed by atoms with Crippen molar-refractivity contribution in [1.29, 1.82) is 0 Å². The zero-order valence-electron chi connectivity index (χ0n) is 13.2. The first-order chi connectivity index (χ1) is 10.4. The molecule has 128 valence electrons. The molecule has 2 aromatic heterocycles. The summed E-state index contributed by atoms with van der Waals surface area (Å²) in [7, 11) is 0. The maximum Gasteiger partial charge on any atom is 0.181 e. The van der Waals surface area contributed by atoms with Gasteiger partial charge >= 0.3 is 0 Å².